The fourth-order valence-corrected chi connectivity index (χ4v) is 3.89. The van der Waals surface area contributed by atoms with Crippen molar-refractivity contribution in [2.45, 2.75) is 44.9 Å². The number of aromatic nitrogens is 3. The van der Waals surface area contributed by atoms with Crippen LogP contribution < -0.4 is 14.2 Å². The average molecular weight is 405 g/mol. The Balaban J connectivity index is 1.80. The minimum absolute atomic E-state index is 0.481. The Morgan fingerprint density at radius 1 is 1.11 bits per heavy atom. The zero-order valence-corrected chi connectivity index (χ0v) is 17.6. The molecule has 8 heteroatoms. The molecule has 0 saturated heterocycles. The van der Waals surface area contributed by atoms with E-state index in [4.69, 9.17) is 26.4 Å². The monoisotopic (exact) mass is 404 g/mol. The van der Waals surface area contributed by atoms with Crippen molar-refractivity contribution >= 4 is 18.4 Å². The van der Waals surface area contributed by atoms with Crippen LogP contribution in [0.2, 0.25) is 0 Å². The number of nitrogens with zero attached hydrogens (tertiary/aromatic N) is 3. The van der Waals surface area contributed by atoms with Crippen molar-refractivity contribution in [1.29, 1.82) is 0 Å². The molecule has 7 nitrogen and oxygen atoms in total. The average Bonchev–Trinajstić information content (AvgIpc) is 3.10. The maximum atomic E-state index is 5.46. The minimum Gasteiger partial charge on any atom is -0.496 e. The van der Waals surface area contributed by atoms with Crippen LogP contribution in [0.25, 0.3) is 0 Å². The number of aryl methyl sites for hydroxylation is 1. The normalized spacial score (nSPS) is 15.1. The van der Waals surface area contributed by atoms with Gasteiger partial charge in [-0.3, -0.25) is 5.10 Å². The molecule has 1 saturated carbocycles. The predicted octanol–water partition coefficient (Wildman–Crippen LogP) is 4.36. The second kappa shape index (κ2) is 9.73. The molecular weight excluding hydrogens is 376 g/mol. The van der Waals surface area contributed by atoms with Gasteiger partial charge in [0.2, 0.25) is 4.77 Å². The fourth-order valence-electron chi connectivity index (χ4n) is 3.69. The predicted molar refractivity (Wildman–Crippen MR) is 111 cm³/mol. The molecule has 0 unspecified atom stereocenters. The summed E-state index contributed by atoms with van der Waals surface area (Å²) < 4.78 is 18.3. The van der Waals surface area contributed by atoms with Gasteiger partial charge in [-0.1, -0.05) is 32.1 Å². The van der Waals surface area contributed by atoms with Crippen LogP contribution >= 0.6 is 12.2 Å². The number of hydrogen-bond acceptors (Lipinski definition) is 6. The van der Waals surface area contributed by atoms with E-state index in [2.05, 4.69) is 15.3 Å². The molecule has 1 aromatic heterocycles. The first kappa shape index (κ1) is 20.4. The van der Waals surface area contributed by atoms with E-state index in [1.54, 1.807) is 38.3 Å². The van der Waals surface area contributed by atoms with Crippen LogP contribution in [-0.4, -0.2) is 42.4 Å². The largest absolute Gasteiger partial charge is 0.496 e. The van der Waals surface area contributed by atoms with Crippen LogP contribution in [0.3, 0.4) is 0 Å². The molecule has 2 aromatic rings. The number of rotatable bonds is 8. The zero-order valence-electron chi connectivity index (χ0n) is 16.7. The summed E-state index contributed by atoms with van der Waals surface area (Å²) in [5.74, 6) is 3.48. The molecule has 1 N–H and O–H groups in total. The molecule has 0 amide bonds. The third-order valence-corrected chi connectivity index (χ3v) is 5.53. The molecule has 0 spiro atoms. The van der Waals surface area contributed by atoms with Gasteiger partial charge < -0.3 is 14.2 Å². The molecule has 1 aliphatic rings. The van der Waals surface area contributed by atoms with Crippen LogP contribution in [0.5, 0.6) is 17.2 Å². The Morgan fingerprint density at radius 3 is 2.46 bits per heavy atom. The SMILES string of the molecule is COc1cc(OC)c(OC)cc1/C=N\n1c(CCC2CCCCC2)n[nH]c1=S. The van der Waals surface area contributed by atoms with E-state index >= 15 is 0 Å². The molecule has 152 valence electrons. The molecule has 0 atom stereocenters. The van der Waals surface area contributed by atoms with Gasteiger partial charge in [-0.2, -0.15) is 14.9 Å². The van der Waals surface area contributed by atoms with Gasteiger partial charge in [0.1, 0.15) is 5.75 Å². The van der Waals surface area contributed by atoms with Crippen molar-refractivity contribution in [3.8, 4) is 17.2 Å². The molecular formula is C20H28N4O3S. The summed E-state index contributed by atoms with van der Waals surface area (Å²) in [5.41, 5.74) is 0.765. The maximum Gasteiger partial charge on any atom is 0.216 e. The van der Waals surface area contributed by atoms with Crippen molar-refractivity contribution in [3.63, 3.8) is 0 Å². The molecule has 3 rings (SSSR count). The highest BCUT2D eigenvalue weighted by Gasteiger charge is 2.15. The molecule has 28 heavy (non-hydrogen) atoms. The van der Waals surface area contributed by atoms with E-state index in [9.17, 15) is 0 Å². The molecule has 1 fully saturated rings. The van der Waals surface area contributed by atoms with Gasteiger partial charge in [0.05, 0.1) is 27.5 Å². The number of hydrogen-bond donors (Lipinski definition) is 1. The Hall–Kier alpha value is -2.35. The first-order chi connectivity index (χ1) is 13.7. The van der Waals surface area contributed by atoms with Crippen molar-refractivity contribution in [1.82, 2.24) is 14.9 Å². The van der Waals surface area contributed by atoms with Gasteiger partial charge in [0.25, 0.3) is 0 Å². The Kier molecular flexibility index (Phi) is 7.08. The third-order valence-electron chi connectivity index (χ3n) is 5.27. The van der Waals surface area contributed by atoms with Crippen molar-refractivity contribution in [2.75, 3.05) is 21.3 Å². The number of aromatic amines is 1. The van der Waals surface area contributed by atoms with Crippen LogP contribution in [0.1, 0.15) is 49.9 Å². The van der Waals surface area contributed by atoms with Gasteiger partial charge in [-0.15, -0.1) is 0 Å². The standard InChI is InChI=1S/C20H28N4O3S/c1-25-16-12-18(27-3)17(26-2)11-15(16)13-21-24-19(22-23-20(24)28)10-9-14-7-5-4-6-8-14/h11-14H,4-10H2,1-3H3,(H,23,28)/b21-13-. The molecule has 1 aliphatic carbocycles. The van der Waals surface area contributed by atoms with Crippen molar-refractivity contribution < 1.29 is 14.2 Å². The van der Waals surface area contributed by atoms with Crippen LogP contribution in [0.4, 0.5) is 0 Å². The molecule has 1 heterocycles. The lowest BCUT2D eigenvalue weighted by molar-refractivity contribution is 0.336. The number of ether oxygens (including phenoxy) is 3. The van der Waals surface area contributed by atoms with Gasteiger partial charge in [0.15, 0.2) is 17.3 Å². The van der Waals surface area contributed by atoms with E-state index < -0.39 is 0 Å². The summed E-state index contributed by atoms with van der Waals surface area (Å²) in [6.07, 6.45) is 10.4. The fraction of sp³-hybridized carbons (Fsp3) is 0.550. The summed E-state index contributed by atoms with van der Waals surface area (Å²) in [6, 6.07) is 3.60. The third kappa shape index (κ3) is 4.73. The Morgan fingerprint density at radius 2 is 1.79 bits per heavy atom. The first-order valence-corrected chi connectivity index (χ1v) is 10.1. The lowest BCUT2D eigenvalue weighted by atomic mass is 9.86. The van der Waals surface area contributed by atoms with E-state index in [1.807, 2.05) is 6.07 Å². The summed E-state index contributed by atoms with van der Waals surface area (Å²) in [5, 5.41) is 11.8. The van der Waals surface area contributed by atoms with Gasteiger partial charge in [0, 0.05) is 18.1 Å². The lowest BCUT2D eigenvalue weighted by Crippen LogP contribution is -2.09. The zero-order chi connectivity index (χ0) is 19.9. The van der Waals surface area contributed by atoms with E-state index in [-0.39, 0.29) is 0 Å². The summed E-state index contributed by atoms with van der Waals surface area (Å²) >= 11 is 5.36. The minimum atomic E-state index is 0.481. The summed E-state index contributed by atoms with van der Waals surface area (Å²) in [7, 11) is 4.80. The quantitative estimate of drug-likeness (QED) is 0.523. The maximum absolute atomic E-state index is 5.46. The van der Waals surface area contributed by atoms with Crippen LogP contribution in [-0.2, 0) is 6.42 Å². The van der Waals surface area contributed by atoms with Gasteiger partial charge >= 0.3 is 0 Å². The number of nitrogens with one attached hydrogen (secondary N) is 1. The molecule has 0 radical (unpaired) electrons. The van der Waals surface area contributed by atoms with Crippen molar-refractivity contribution in [2.24, 2.45) is 11.0 Å². The number of benzene rings is 1. The van der Waals surface area contributed by atoms with Crippen molar-refractivity contribution in [3.05, 3.63) is 28.3 Å². The van der Waals surface area contributed by atoms with Gasteiger partial charge in [-0.25, -0.2) is 0 Å². The van der Waals surface area contributed by atoms with Crippen LogP contribution in [0.15, 0.2) is 17.2 Å². The van der Waals surface area contributed by atoms with Gasteiger partial charge in [-0.05, 0) is 30.6 Å². The highest BCUT2D eigenvalue weighted by atomic mass is 32.1. The van der Waals surface area contributed by atoms with E-state index in [0.29, 0.717) is 22.0 Å². The second-order valence-corrected chi connectivity index (χ2v) is 7.38. The first-order valence-electron chi connectivity index (χ1n) is 9.67. The topological polar surface area (TPSA) is 73.7 Å². The highest BCUT2D eigenvalue weighted by molar-refractivity contribution is 7.71. The van der Waals surface area contributed by atoms with E-state index in [0.717, 1.165) is 30.1 Å². The Labute approximate surface area is 170 Å². The summed E-state index contributed by atoms with van der Waals surface area (Å²) in [4.78, 5) is 0. The Bertz CT molecular complexity index is 869. The van der Waals surface area contributed by atoms with E-state index in [1.165, 1.54) is 32.1 Å². The highest BCUT2D eigenvalue weighted by Crippen LogP contribution is 2.34. The summed E-state index contributed by atoms with van der Waals surface area (Å²) in [6.45, 7) is 0. The molecule has 1 aromatic carbocycles. The smallest absolute Gasteiger partial charge is 0.216 e. The molecule has 0 aliphatic heterocycles. The number of H-pyrrole nitrogens is 1. The second-order valence-electron chi connectivity index (χ2n) is 6.99. The molecule has 0 bridgehead atoms. The lowest BCUT2D eigenvalue weighted by Gasteiger charge is -2.20. The van der Waals surface area contributed by atoms with Crippen LogP contribution in [0, 0.1) is 10.7 Å². The number of methoxy groups -OCH3 is 3.